The third-order valence-corrected chi connectivity index (χ3v) is 29.6. The molecule has 0 atom stereocenters. The number of nitrogens with zero attached hydrogens (tertiary/aromatic N) is 6. The Hall–Kier alpha value is -19.1. The molecule has 680 valence electrons. The quantitative estimate of drug-likeness (QED) is 0.108. The normalized spacial score (nSPS) is 11.6. The number of aryl methyl sites for hydroxylation is 1. The third kappa shape index (κ3) is 14.6. The first-order valence-corrected chi connectivity index (χ1v) is 49.9. The molecule has 2 aliphatic rings. The average molecular weight is 1850 g/mol. The first-order valence-electron chi connectivity index (χ1n) is 49.9. The minimum atomic E-state index is 1.11. The van der Waals surface area contributed by atoms with Gasteiger partial charge in [-0.2, -0.15) is 0 Å². The van der Waals surface area contributed by atoms with Crippen molar-refractivity contribution in [2.24, 2.45) is 0 Å². The number of rotatable bonds is 14. The van der Waals surface area contributed by atoms with E-state index in [1.165, 1.54) is 192 Å². The van der Waals surface area contributed by atoms with Crippen LogP contribution in [-0.4, -0.2) is 13.7 Å². The largest absolute Gasteiger partial charge is 0.311 e. The molecule has 27 aromatic rings. The highest BCUT2D eigenvalue weighted by molar-refractivity contribution is 6.29. The summed E-state index contributed by atoms with van der Waals surface area (Å²) in [6.07, 6.45) is 0. The van der Waals surface area contributed by atoms with E-state index in [0.29, 0.717) is 0 Å². The van der Waals surface area contributed by atoms with E-state index in [9.17, 15) is 0 Å². The van der Waals surface area contributed by atoms with Crippen LogP contribution in [0.3, 0.4) is 0 Å². The van der Waals surface area contributed by atoms with Crippen LogP contribution < -0.4 is 14.7 Å². The standard InChI is InChI=1S/C47H34N2.2C46H30N2/c1-33-15-8-10-22-39(33)43-31-45-42-24-12-13-26-46(42)49(47(45)32-44(43)41-25-14-17-34-16-9-11-23-40(34)41)38-29-27-37(28-30-38)48(35-18-4-2-5-19-35)36-20-6-3-7-21-36;1-3-14-31(15-4-1)47(32-16-5-2-6-17-32)33-26-28-34(29-27-33)48-43-25-12-11-22-40(43)46-41-24-13-23-39-37-20-9-7-18-35(37)36-19-8-10-21-38(36)42(45(39)41)30-44(46)48;1-3-15-32(16-4-1)47(33-17-5-2-6-18-33)34-25-27-35(28-26-34)48-42-24-10-9-21-41(42)46-43(48)30-29-40-39-23-12-14-31-13-11-22-37(44(31)39)36-19-7-8-20-38(36)45(40)46/h2-32H,1H3;2*1-30H. The lowest BCUT2D eigenvalue weighted by Gasteiger charge is -2.25. The van der Waals surface area contributed by atoms with Gasteiger partial charge in [-0.3, -0.25) is 0 Å². The lowest BCUT2D eigenvalue weighted by molar-refractivity contribution is 1.17. The van der Waals surface area contributed by atoms with Crippen LogP contribution in [0, 0.1) is 6.92 Å². The topological polar surface area (TPSA) is 24.5 Å². The number of fused-ring (bicyclic) bond motifs is 22. The Morgan fingerprint density at radius 3 is 0.924 bits per heavy atom. The maximum Gasteiger partial charge on any atom is 0.0553 e. The molecule has 6 nitrogen and oxygen atoms in total. The molecule has 0 fully saturated rings. The van der Waals surface area contributed by atoms with Gasteiger partial charge in [0.15, 0.2) is 0 Å². The summed E-state index contributed by atoms with van der Waals surface area (Å²) in [7, 11) is 0. The molecular formula is C139H94N6. The zero-order chi connectivity index (χ0) is 95.9. The Morgan fingerprint density at radius 1 is 0.138 bits per heavy atom. The van der Waals surface area contributed by atoms with Crippen molar-refractivity contribution in [3.05, 3.63) is 558 Å². The number of anilines is 9. The Bertz CT molecular complexity index is 9540. The van der Waals surface area contributed by atoms with Crippen molar-refractivity contribution in [1.82, 2.24) is 13.7 Å². The Kier molecular flexibility index (Phi) is 21.1. The highest BCUT2D eigenvalue weighted by Crippen LogP contribution is 2.56. The summed E-state index contributed by atoms with van der Waals surface area (Å²) >= 11 is 0. The van der Waals surface area contributed by atoms with Crippen molar-refractivity contribution in [1.29, 1.82) is 0 Å². The fraction of sp³-hybridized carbons (Fsp3) is 0.00719. The van der Waals surface area contributed by atoms with Gasteiger partial charge < -0.3 is 28.4 Å². The molecular weight excluding hydrogens is 1750 g/mol. The van der Waals surface area contributed by atoms with Gasteiger partial charge in [0.2, 0.25) is 0 Å². The van der Waals surface area contributed by atoms with E-state index in [1.54, 1.807) is 0 Å². The molecule has 0 unspecified atom stereocenters. The van der Waals surface area contributed by atoms with Crippen LogP contribution in [0.25, 0.3) is 204 Å². The van der Waals surface area contributed by atoms with Crippen molar-refractivity contribution in [2.45, 2.75) is 6.92 Å². The van der Waals surface area contributed by atoms with Crippen LogP contribution in [0.4, 0.5) is 51.2 Å². The monoisotopic (exact) mass is 1850 g/mol. The summed E-state index contributed by atoms with van der Waals surface area (Å²) in [5.74, 6) is 0. The SMILES string of the molecule is Cc1ccccc1-c1cc2c3ccccc3n(-c3ccc(N(c4ccccc4)c4ccccc4)cc3)c2cc1-c1cccc2ccccc12.c1ccc(N(c2ccccc2)c2ccc(-n3c4ccccc4c4c5c(ccc43)-c3cccc4cccc(c34)-c3ccccc3-5)cc2)cc1.c1ccc(N(c2ccccc2)c2ccc(-n3c4ccccc4c4c5cccc6c5c(cc43)-c3ccccc3-c3ccccc3-6)cc2)cc1. The molecule has 0 aliphatic heterocycles. The molecule has 24 aromatic carbocycles. The smallest absolute Gasteiger partial charge is 0.0553 e. The molecule has 29 rings (SSSR count). The summed E-state index contributed by atoms with van der Waals surface area (Å²) in [6, 6.07) is 200. The number of hydrogen-bond acceptors (Lipinski definition) is 3. The Labute approximate surface area is 841 Å². The highest BCUT2D eigenvalue weighted by atomic mass is 15.2. The first-order chi connectivity index (χ1) is 71.9. The zero-order valence-corrected chi connectivity index (χ0v) is 79.7. The second-order valence-electron chi connectivity index (χ2n) is 37.7. The summed E-state index contributed by atoms with van der Waals surface area (Å²) in [5.41, 5.74) is 42.4. The zero-order valence-electron chi connectivity index (χ0n) is 79.7. The van der Waals surface area contributed by atoms with Crippen molar-refractivity contribution in [3.8, 4) is 106 Å². The molecule has 3 heterocycles. The maximum absolute atomic E-state index is 2.45. The summed E-state index contributed by atoms with van der Waals surface area (Å²) in [5, 5.41) is 15.3. The van der Waals surface area contributed by atoms with Gasteiger partial charge >= 0.3 is 0 Å². The van der Waals surface area contributed by atoms with Crippen molar-refractivity contribution < 1.29 is 0 Å². The van der Waals surface area contributed by atoms with E-state index in [0.717, 1.165) is 68.2 Å². The van der Waals surface area contributed by atoms with Crippen LogP contribution in [0.2, 0.25) is 0 Å². The van der Waals surface area contributed by atoms with Crippen molar-refractivity contribution in [3.63, 3.8) is 0 Å². The Balaban J connectivity index is 0.000000108. The summed E-state index contributed by atoms with van der Waals surface area (Å²) < 4.78 is 7.32. The van der Waals surface area contributed by atoms with Gasteiger partial charge in [0.05, 0.1) is 33.1 Å². The number of aromatic nitrogens is 3. The number of hydrogen-bond donors (Lipinski definition) is 0. The van der Waals surface area contributed by atoms with Crippen molar-refractivity contribution in [2.75, 3.05) is 14.7 Å². The third-order valence-electron chi connectivity index (χ3n) is 29.6. The van der Waals surface area contributed by atoms with Crippen LogP contribution in [0.5, 0.6) is 0 Å². The van der Waals surface area contributed by atoms with Crippen LogP contribution in [0.15, 0.2) is 552 Å². The van der Waals surface area contributed by atoms with Crippen LogP contribution in [0.1, 0.15) is 5.56 Å². The average Bonchev–Trinajstić information content (AvgIpc) is 1.56. The fourth-order valence-electron chi connectivity index (χ4n) is 23.3. The van der Waals surface area contributed by atoms with E-state index >= 15 is 0 Å². The van der Waals surface area contributed by atoms with Gasteiger partial charge in [-0.05, 0) is 316 Å². The predicted octanol–water partition coefficient (Wildman–Crippen LogP) is 38.5. The van der Waals surface area contributed by atoms with E-state index in [-0.39, 0.29) is 0 Å². The van der Waals surface area contributed by atoms with Gasteiger partial charge in [-0.25, -0.2) is 0 Å². The molecule has 2 aliphatic carbocycles. The molecule has 3 aromatic heterocycles. The molecule has 0 saturated heterocycles. The van der Waals surface area contributed by atoms with Gasteiger partial charge in [0.1, 0.15) is 0 Å². The van der Waals surface area contributed by atoms with Gasteiger partial charge in [-0.15, -0.1) is 0 Å². The van der Waals surface area contributed by atoms with Crippen LogP contribution in [-0.2, 0) is 0 Å². The fourth-order valence-corrected chi connectivity index (χ4v) is 23.3. The second kappa shape index (κ2) is 35.9. The predicted molar refractivity (Wildman–Crippen MR) is 614 cm³/mol. The van der Waals surface area contributed by atoms with E-state index in [1.807, 2.05) is 0 Å². The molecule has 0 N–H and O–H groups in total. The molecule has 145 heavy (non-hydrogen) atoms. The Morgan fingerprint density at radius 2 is 0.441 bits per heavy atom. The lowest BCUT2D eigenvalue weighted by Crippen LogP contribution is -2.09. The van der Waals surface area contributed by atoms with E-state index in [2.05, 4.69) is 587 Å². The molecule has 0 spiro atoms. The summed E-state index contributed by atoms with van der Waals surface area (Å²) in [6.45, 7) is 2.21. The number of benzene rings is 24. The molecule has 0 radical (unpaired) electrons. The molecule has 0 saturated carbocycles. The number of para-hydroxylation sites is 9. The van der Waals surface area contributed by atoms with E-state index < -0.39 is 0 Å². The highest BCUT2D eigenvalue weighted by Gasteiger charge is 2.31. The lowest BCUT2D eigenvalue weighted by atomic mass is 9.88. The van der Waals surface area contributed by atoms with Gasteiger partial charge in [-0.1, -0.05) is 364 Å². The molecule has 0 bridgehead atoms. The first kappa shape index (κ1) is 85.1. The second-order valence-corrected chi connectivity index (χ2v) is 37.7. The minimum Gasteiger partial charge on any atom is -0.311 e. The van der Waals surface area contributed by atoms with E-state index in [4.69, 9.17) is 0 Å². The van der Waals surface area contributed by atoms with Gasteiger partial charge in [0, 0.05) is 106 Å². The maximum atomic E-state index is 2.45. The molecule has 6 heteroatoms. The van der Waals surface area contributed by atoms with Gasteiger partial charge in [0.25, 0.3) is 0 Å². The van der Waals surface area contributed by atoms with Crippen LogP contribution >= 0.6 is 0 Å². The summed E-state index contributed by atoms with van der Waals surface area (Å²) in [4.78, 5) is 6.93. The minimum absolute atomic E-state index is 1.11. The molecule has 0 amide bonds. The van der Waals surface area contributed by atoms with Crippen molar-refractivity contribution >= 4 is 149 Å².